The van der Waals surface area contributed by atoms with Crippen molar-refractivity contribution in [1.82, 2.24) is 0 Å². The lowest BCUT2D eigenvalue weighted by atomic mass is 9.79. The molecule has 0 unspecified atom stereocenters. The van der Waals surface area contributed by atoms with Gasteiger partial charge in [0.25, 0.3) is 0 Å². The monoisotopic (exact) mass is 716 g/mol. The van der Waals surface area contributed by atoms with Crippen LogP contribution < -0.4 is 0 Å². The summed E-state index contributed by atoms with van der Waals surface area (Å²) < 4.78 is 0. The third kappa shape index (κ3) is 4.25. The fraction of sp³-hybridized carbons (Fsp3) is 0.179. The summed E-state index contributed by atoms with van der Waals surface area (Å²) in [6, 6.07) is 56.2. The Balaban J connectivity index is 1.01. The molecule has 0 saturated heterocycles. The van der Waals surface area contributed by atoms with Gasteiger partial charge in [-0.05, 0) is 159 Å². The van der Waals surface area contributed by atoms with E-state index < -0.39 is 0 Å². The molecule has 0 nitrogen and oxygen atoms in total. The molecular weight excluding hydrogens is 673 g/mol. The van der Waals surface area contributed by atoms with Gasteiger partial charge >= 0.3 is 0 Å². The van der Waals surface area contributed by atoms with Gasteiger partial charge in [0, 0.05) is 10.8 Å². The minimum Gasteiger partial charge on any atom is -0.0616 e. The first-order chi connectivity index (χ1) is 27.3. The molecule has 0 amide bonds. The van der Waals surface area contributed by atoms with Crippen LogP contribution in [0.2, 0.25) is 0 Å². The molecule has 3 aliphatic carbocycles. The van der Waals surface area contributed by atoms with Gasteiger partial charge in [-0.15, -0.1) is 0 Å². The van der Waals surface area contributed by atoms with Crippen LogP contribution in [0.1, 0.15) is 73.9 Å². The predicted octanol–water partition coefficient (Wildman–Crippen LogP) is 15.1. The Bertz CT molecular complexity index is 3190. The molecule has 9 aromatic carbocycles. The molecule has 0 aliphatic heterocycles. The molecule has 0 spiro atoms. The maximum Gasteiger partial charge on any atom is 0.0159 e. The summed E-state index contributed by atoms with van der Waals surface area (Å²) in [4.78, 5) is 0. The maximum atomic E-state index is 2.53. The lowest BCUT2D eigenvalue weighted by molar-refractivity contribution is 0.660. The molecule has 0 atom stereocenters. The zero-order valence-electron chi connectivity index (χ0n) is 32.7. The van der Waals surface area contributed by atoms with E-state index in [9.17, 15) is 0 Å². The molecule has 0 heterocycles. The Kier molecular flexibility index (Phi) is 6.51. The van der Waals surface area contributed by atoms with E-state index in [4.69, 9.17) is 0 Å². The van der Waals surface area contributed by atoms with Crippen LogP contribution in [0.3, 0.4) is 0 Å². The summed E-state index contributed by atoms with van der Waals surface area (Å²) >= 11 is 0. The third-order valence-electron chi connectivity index (χ3n) is 14.3. The highest BCUT2D eigenvalue weighted by Gasteiger charge is 2.40. The molecule has 9 aromatic rings. The second-order valence-electron chi connectivity index (χ2n) is 17.8. The van der Waals surface area contributed by atoms with Crippen molar-refractivity contribution in [3.05, 3.63) is 179 Å². The number of hydrogen-bond donors (Lipinski definition) is 0. The van der Waals surface area contributed by atoms with Crippen molar-refractivity contribution in [2.24, 2.45) is 0 Å². The summed E-state index contributed by atoms with van der Waals surface area (Å²) in [7, 11) is 0. The summed E-state index contributed by atoms with van der Waals surface area (Å²) in [5, 5.41) is 10.8. The molecule has 0 bridgehead atoms. The quantitative estimate of drug-likeness (QED) is 0.156. The number of rotatable bonds is 2. The van der Waals surface area contributed by atoms with Crippen molar-refractivity contribution < 1.29 is 0 Å². The van der Waals surface area contributed by atoms with Crippen molar-refractivity contribution in [3.8, 4) is 44.5 Å². The average Bonchev–Trinajstić information content (AvgIpc) is 3.62. The van der Waals surface area contributed by atoms with Gasteiger partial charge in [0.2, 0.25) is 0 Å². The van der Waals surface area contributed by atoms with Crippen LogP contribution in [0, 0.1) is 0 Å². The average molecular weight is 717 g/mol. The zero-order valence-corrected chi connectivity index (χ0v) is 32.7. The smallest absolute Gasteiger partial charge is 0.0159 e. The maximum absolute atomic E-state index is 2.53. The third-order valence-corrected chi connectivity index (χ3v) is 14.3. The molecule has 3 aliphatic rings. The van der Waals surface area contributed by atoms with E-state index in [1.54, 1.807) is 11.1 Å². The summed E-state index contributed by atoms with van der Waals surface area (Å²) in [6.07, 6.45) is 4.97. The second kappa shape index (κ2) is 11.3. The van der Waals surface area contributed by atoms with Crippen LogP contribution in [-0.4, -0.2) is 0 Å². The Morgan fingerprint density at radius 1 is 0.357 bits per heavy atom. The van der Waals surface area contributed by atoms with E-state index in [0.717, 1.165) is 0 Å². The molecular formula is C56H44. The topological polar surface area (TPSA) is 0 Å². The van der Waals surface area contributed by atoms with Crippen LogP contribution >= 0.6 is 0 Å². The molecule has 0 radical (unpaired) electrons. The first-order valence-corrected chi connectivity index (χ1v) is 20.6. The number of hydrogen-bond acceptors (Lipinski definition) is 0. The van der Waals surface area contributed by atoms with Gasteiger partial charge in [0.1, 0.15) is 0 Å². The zero-order chi connectivity index (χ0) is 37.5. The highest BCUT2D eigenvalue weighted by Crippen LogP contribution is 2.57. The molecule has 0 heteroatoms. The molecule has 12 rings (SSSR count). The van der Waals surface area contributed by atoms with E-state index in [1.165, 1.54) is 136 Å². The van der Waals surface area contributed by atoms with Crippen molar-refractivity contribution >= 4 is 43.1 Å². The molecule has 0 aromatic heterocycles. The van der Waals surface area contributed by atoms with E-state index >= 15 is 0 Å². The van der Waals surface area contributed by atoms with Crippen LogP contribution in [0.5, 0.6) is 0 Å². The first kappa shape index (κ1) is 32.3. The van der Waals surface area contributed by atoms with Crippen LogP contribution in [0.25, 0.3) is 87.6 Å². The van der Waals surface area contributed by atoms with Crippen LogP contribution in [0.15, 0.2) is 146 Å². The predicted molar refractivity (Wildman–Crippen MR) is 239 cm³/mol. The van der Waals surface area contributed by atoms with E-state index in [-0.39, 0.29) is 10.8 Å². The lowest BCUT2D eigenvalue weighted by Crippen LogP contribution is -2.15. The highest BCUT2D eigenvalue weighted by atomic mass is 14.4. The Labute approximate surface area is 329 Å². The van der Waals surface area contributed by atoms with Gasteiger partial charge in [0.15, 0.2) is 0 Å². The minimum absolute atomic E-state index is 0.103. The van der Waals surface area contributed by atoms with E-state index in [2.05, 4.69) is 173 Å². The minimum atomic E-state index is -0.116. The molecule has 268 valence electrons. The standard InChI is InChI=1S/C56H44/c1-55(2)49-28-26-45-44(53(49)46-24-21-35(31-51(46)55)39-18-11-19-41-37-14-7-5-12-33(37)20-23-43(39)41)27-29-50-54(45)47-25-22-36(32-52(47)56(50,3)4)48-30-34-13-6-8-15-38(34)40-16-9-10-17-42(40)48/h5,7,9-12,14,16-32H,6,8,13,15H2,1-4H3. The fourth-order valence-electron chi connectivity index (χ4n) is 11.4. The molecule has 56 heavy (non-hydrogen) atoms. The van der Waals surface area contributed by atoms with Crippen LogP contribution in [0.4, 0.5) is 0 Å². The van der Waals surface area contributed by atoms with Crippen LogP contribution in [-0.2, 0) is 23.7 Å². The normalized spacial score (nSPS) is 15.9. The van der Waals surface area contributed by atoms with Crippen molar-refractivity contribution in [3.63, 3.8) is 0 Å². The summed E-state index contributed by atoms with van der Waals surface area (Å²) in [5.41, 5.74) is 19.5. The Morgan fingerprint density at radius 3 is 1.61 bits per heavy atom. The second-order valence-corrected chi connectivity index (χ2v) is 17.8. The van der Waals surface area contributed by atoms with Gasteiger partial charge in [0.05, 0.1) is 0 Å². The number of fused-ring (bicyclic) bond motifs is 15. The van der Waals surface area contributed by atoms with Crippen molar-refractivity contribution in [2.75, 3.05) is 0 Å². The van der Waals surface area contributed by atoms with E-state index in [1.807, 2.05) is 0 Å². The van der Waals surface area contributed by atoms with Crippen molar-refractivity contribution in [1.29, 1.82) is 0 Å². The lowest BCUT2D eigenvalue weighted by Gasteiger charge is -2.24. The summed E-state index contributed by atoms with van der Waals surface area (Å²) in [5.74, 6) is 0. The van der Waals surface area contributed by atoms with Gasteiger partial charge in [-0.2, -0.15) is 0 Å². The van der Waals surface area contributed by atoms with Crippen molar-refractivity contribution in [2.45, 2.75) is 64.2 Å². The largest absolute Gasteiger partial charge is 0.0616 e. The highest BCUT2D eigenvalue weighted by molar-refractivity contribution is 6.14. The number of aryl methyl sites for hydroxylation is 2. The SMILES string of the molecule is CC1(C)c2cc(-c3cc4c(c5ccccc35)CCCC4)ccc2-c2c1ccc1c3c(ccc21)C(C)(C)c1cc(-c2cccc4c2ccc2ccccc24)ccc1-3. The Hall–Kier alpha value is -5.98. The fourth-order valence-corrected chi connectivity index (χ4v) is 11.4. The van der Waals surface area contributed by atoms with E-state index in [0.29, 0.717) is 0 Å². The number of benzene rings is 9. The van der Waals surface area contributed by atoms with Gasteiger partial charge in [-0.25, -0.2) is 0 Å². The van der Waals surface area contributed by atoms with Gasteiger partial charge in [-0.3, -0.25) is 0 Å². The first-order valence-electron chi connectivity index (χ1n) is 20.6. The Morgan fingerprint density at radius 2 is 0.911 bits per heavy atom. The molecule has 0 saturated carbocycles. The molecule has 0 fully saturated rings. The van der Waals surface area contributed by atoms with Gasteiger partial charge in [-0.1, -0.05) is 161 Å². The van der Waals surface area contributed by atoms with Gasteiger partial charge < -0.3 is 0 Å². The summed E-state index contributed by atoms with van der Waals surface area (Å²) in [6.45, 7) is 9.70. The molecule has 0 N–H and O–H groups in total.